The molecule has 0 heterocycles. The standard InChI is InChI=1S/C5H10O.C5H8O.C5H12.C5H10.C4H10O.C4H8O.2C2H6/c2*1-3-4-5(2)6;2*1-3-5-4-2;2*1-2-3-4-5;2*1-2/h3-4H2,1-2H3;3-4H,1-2H3;3-5H2,1-2H3;3,5H,4H2,1-2H3;5H,2-4H2,1H3;2-3,5H,4H2,1H3;2*1-2H3/b;4-3+;;5-3+;;3-2+;;. The minimum Gasteiger partial charge on any atom is -0.396 e. The summed E-state index contributed by atoms with van der Waals surface area (Å²) in [6.45, 7) is 28.0. The van der Waals surface area contributed by atoms with E-state index in [1.54, 1.807) is 25.2 Å². The van der Waals surface area contributed by atoms with Gasteiger partial charge in [-0.2, -0.15) is 0 Å². The van der Waals surface area contributed by atoms with Crippen molar-refractivity contribution in [1.29, 1.82) is 0 Å². The first-order chi connectivity index (χ1) is 17.2. The lowest BCUT2D eigenvalue weighted by molar-refractivity contribution is -0.117. The molecule has 0 radical (unpaired) electrons. The van der Waals surface area contributed by atoms with E-state index in [0.717, 1.165) is 32.1 Å². The molecule has 0 aromatic heterocycles. The van der Waals surface area contributed by atoms with E-state index in [4.69, 9.17) is 10.2 Å². The van der Waals surface area contributed by atoms with Crippen molar-refractivity contribution in [3.05, 3.63) is 36.5 Å². The number of carbonyl (C=O) groups excluding carboxylic acids is 2. The van der Waals surface area contributed by atoms with E-state index in [-0.39, 0.29) is 18.2 Å². The number of rotatable bonds is 9. The van der Waals surface area contributed by atoms with Crippen LogP contribution in [0.4, 0.5) is 0 Å². The molecule has 0 fully saturated rings. The summed E-state index contributed by atoms with van der Waals surface area (Å²) in [5.41, 5.74) is 0. The number of aliphatic hydroxyl groups excluding tert-OH is 2. The summed E-state index contributed by atoms with van der Waals surface area (Å²) in [4.78, 5) is 20.0. The highest BCUT2D eigenvalue weighted by Gasteiger charge is 1.83. The van der Waals surface area contributed by atoms with E-state index in [1.807, 2.05) is 55.4 Å². The third-order valence-corrected chi connectivity index (χ3v) is 3.03. The second-order valence-corrected chi connectivity index (χ2v) is 6.72. The largest absolute Gasteiger partial charge is 0.396 e. The molecule has 0 unspecified atom stereocenters. The van der Waals surface area contributed by atoms with Crippen LogP contribution in [0.3, 0.4) is 0 Å². The van der Waals surface area contributed by atoms with Crippen LogP contribution in [0.2, 0.25) is 0 Å². The maximum absolute atomic E-state index is 10.0. The van der Waals surface area contributed by atoms with Crippen molar-refractivity contribution in [2.75, 3.05) is 13.2 Å². The molecule has 0 aliphatic heterocycles. The summed E-state index contributed by atoms with van der Waals surface area (Å²) >= 11 is 0. The van der Waals surface area contributed by atoms with E-state index < -0.39 is 0 Å². The molecule has 4 heteroatoms. The quantitative estimate of drug-likeness (QED) is 0.235. The molecule has 0 saturated carbocycles. The Kier molecular flexibility index (Phi) is 129. The second-order valence-electron chi connectivity index (χ2n) is 6.72. The Labute approximate surface area is 229 Å². The molecular weight excluding hydrogens is 448 g/mol. The molecule has 0 aliphatic rings. The lowest BCUT2D eigenvalue weighted by atomic mass is 10.3. The van der Waals surface area contributed by atoms with Crippen LogP contribution in [0, 0.1) is 0 Å². The number of carbonyl (C=O) groups is 2. The van der Waals surface area contributed by atoms with Crippen molar-refractivity contribution in [2.24, 2.45) is 0 Å². The number of hydrogen-bond donors (Lipinski definition) is 2. The number of hydrogen-bond acceptors (Lipinski definition) is 4. The predicted octanol–water partition coefficient (Wildman–Crippen LogP) is 10.1. The summed E-state index contributed by atoms with van der Waals surface area (Å²) in [5, 5.41) is 16.0. The van der Waals surface area contributed by atoms with Gasteiger partial charge in [-0.15, -0.1) is 0 Å². The molecule has 0 amide bonds. The molecule has 0 rings (SSSR count). The minimum atomic E-state index is 0.109. The fourth-order valence-electron chi connectivity index (χ4n) is 1.44. The van der Waals surface area contributed by atoms with Crippen LogP contribution in [-0.4, -0.2) is 35.0 Å². The average Bonchev–Trinajstić information content (AvgIpc) is 2.86. The SMILES string of the molecule is C/C=C/C(C)=O.C/C=C/CC.C/C=C/CO.CC.CC.CCCC(C)=O.CCCCC.CCCCO. The first kappa shape index (κ1) is 55.1. The Morgan fingerprint density at radius 3 is 1.06 bits per heavy atom. The summed E-state index contributed by atoms with van der Waals surface area (Å²) < 4.78 is 0. The van der Waals surface area contributed by atoms with Crippen molar-refractivity contribution in [3.8, 4) is 0 Å². The van der Waals surface area contributed by atoms with Gasteiger partial charge in [-0.25, -0.2) is 0 Å². The topological polar surface area (TPSA) is 74.6 Å². The lowest BCUT2D eigenvalue weighted by Gasteiger charge is -1.80. The summed E-state index contributed by atoms with van der Waals surface area (Å²) in [7, 11) is 0. The summed E-state index contributed by atoms with van der Waals surface area (Å²) in [5.74, 6) is 0.398. The third-order valence-electron chi connectivity index (χ3n) is 3.03. The normalized spacial score (nSPS) is 8.44. The smallest absolute Gasteiger partial charge is 0.152 e. The molecule has 2 N–H and O–H groups in total. The predicted molar refractivity (Wildman–Crippen MR) is 168 cm³/mol. The van der Waals surface area contributed by atoms with Gasteiger partial charge in [0.05, 0.1) is 6.61 Å². The Balaban J connectivity index is -0.0000000424. The van der Waals surface area contributed by atoms with Crippen molar-refractivity contribution in [2.45, 2.75) is 148 Å². The number of aliphatic hydroxyl groups is 2. The van der Waals surface area contributed by atoms with E-state index in [1.165, 1.54) is 32.3 Å². The van der Waals surface area contributed by atoms with Gasteiger partial charge < -0.3 is 15.0 Å². The second kappa shape index (κ2) is 84.2. The maximum atomic E-state index is 10.0. The third kappa shape index (κ3) is 207. The summed E-state index contributed by atoms with van der Waals surface area (Å²) in [6, 6.07) is 0. The molecule has 0 saturated heterocycles. The first-order valence-electron chi connectivity index (χ1n) is 14.3. The lowest BCUT2D eigenvalue weighted by Crippen LogP contribution is -1.84. The Hall–Kier alpha value is -1.52. The van der Waals surface area contributed by atoms with Gasteiger partial charge in [-0.3, -0.25) is 4.79 Å². The number of unbranched alkanes of at least 4 members (excludes halogenated alkanes) is 3. The maximum Gasteiger partial charge on any atom is 0.152 e. The van der Waals surface area contributed by atoms with Crippen LogP contribution in [0.15, 0.2) is 36.5 Å². The van der Waals surface area contributed by atoms with E-state index in [9.17, 15) is 9.59 Å². The molecule has 0 bridgehead atoms. The van der Waals surface area contributed by atoms with Gasteiger partial charge in [0, 0.05) is 13.0 Å². The molecule has 36 heavy (non-hydrogen) atoms. The number of allylic oxidation sites excluding steroid dienone is 5. The molecule has 0 spiro atoms. The van der Waals surface area contributed by atoms with Crippen molar-refractivity contribution in [1.82, 2.24) is 0 Å². The average molecular weight is 519 g/mol. The molecule has 0 aromatic rings. The fourth-order valence-corrected chi connectivity index (χ4v) is 1.44. The van der Waals surface area contributed by atoms with Gasteiger partial charge in [-0.1, -0.05) is 118 Å². The van der Waals surface area contributed by atoms with Gasteiger partial charge in [0.1, 0.15) is 5.78 Å². The molecule has 0 atom stereocenters. The van der Waals surface area contributed by atoms with Gasteiger partial charge in [0.25, 0.3) is 0 Å². The number of Topliss-reactive ketones (excluding diaryl/α,β-unsaturated/α-hetero) is 1. The van der Waals surface area contributed by atoms with Crippen LogP contribution >= 0.6 is 0 Å². The zero-order valence-electron chi connectivity index (χ0n) is 27.2. The zero-order valence-corrected chi connectivity index (χ0v) is 27.2. The first-order valence-corrected chi connectivity index (χ1v) is 14.3. The summed E-state index contributed by atoms with van der Waals surface area (Å²) in [6.07, 6.45) is 19.9. The van der Waals surface area contributed by atoms with E-state index >= 15 is 0 Å². The molecule has 0 aromatic carbocycles. The molecule has 222 valence electrons. The Morgan fingerprint density at radius 2 is 1.06 bits per heavy atom. The molecule has 4 nitrogen and oxygen atoms in total. The van der Waals surface area contributed by atoms with Gasteiger partial charge in [-0.05, 0) is 60.0 Å². The van der Waals surface area contributed by atoms with Crippen LogP contribution in [0.1, 0.15) is 148 Å². The number of ketones is 2. The van der Waals surface area contributed by atoms with Crippen molar-refractivity contribution in [3.63, 3.8) is 0 Å². The highest BCUT2D eigenvalue weighted by atomic mass is 16.3. The molecule has 0 aliphatic carbocycles. The zero-order chi connectivity index (χ0) is 30.5. The van der Waals surface area contributed by atoms with E-state index in [2.05, 4.69) is 39.8 Å². The van der Waals surface area contributed by atoms with Crippen LogP contribution in [-0.2, 0) is 9.59 Å². The van der Waals surface area contributed by atoms with Crippen LogP contribution in [0.5, 0.6) is 0 Å². The highest BCUT2D eigenvalue weighted by molar-refractivity contribution is 5.87. The fraction of sp³-hybridized carbons (Fsp3) is 0.750. The monoisotopic (exact) mass is 519 g/mol. The van der Waals surface area contributed by atoms with E-state index in [0.29, 0.717) is 6.61 Å². The molecular formula is C32H70O4. The van der Waals surface area contributed by atoms with Crippen LogP contribution < -0.4 is 0 Å². The van der Waals surface area contributed by atoms with Crippen molar-refractivity contribution < 1.29 is 19.8 Å². The van der Waals surface area contributed by atoms with Gasteiger partial charge in [0.2, 0.25) is 0 Å². The Bertz CT molecular complexity index is 362. The van der Waals surface area contributed by atoms with Crippen molar-refractivity contribution >= 4 is 11.6 Å². The van der Waals surface area contributed by atoms with Gasteiger partial charge >= 0.3 is 0 Å². The minimum absolute atomic E-state index is 0.109. The highest BCUT2D eigenvalue weighted by Crippen LogP contribution is 1.88. The van der Waals surface area contributed by atoms with Gasteiger partial charge in [0.15, 0.2) is 5.78 Å². The van der Waals surface area contributed by atoms with Crippen LogP contribution in [0.25, 0.3) is 0 Å². The Morgan fingerprint density at radius 1 is 0.639 bits per heavy atom.